The zero-order valence-corrected chi connectivity index (χ0v) is 9.76. The molecule has 0 aliphatic rings. The minimum absolute atomic E-state index is 0.188. The van der Waals surface area contributed by atoms with Gasteiger partial charge in [-0.25, -0.2) is 0 Å². The number of ether oxygens (including phenoxy) is 1. The van der Waals surface area contributed by atoms with E-state index in [9.17, 15) is 0 Å². The third-order valence-corrected chi connectivity index (χ3v) is 2.19. The van der Waals surface area contributed by atoms with Crippen LogP contribution in [0, 0.1) is 16.7 Å². The maximum Gasteiger partial charge on any atom is 0.0683 e. The predicted molar refractivity (Wildman–Crippen MR) is 58.0 cm³/mol. The molecule has 0 rings (SSSR count). The third kappa shape index (κ3) is 6.88. The highest BCUT2D eigenvalue weighted by Gasteiger charge is 2.15. The van der Waals surface area contributed by atoms with E-state index in [1.807, 2.05) is 13.8 Å². The Morgan fingerprint density at radius 2 is 2.14 bits per heavy atom. The average Bonchev–Trinajstić information content (AvgIpc) is 2.13. The normalized spacial score (nSPS) is 13.6. The molecule has 3 heteroatoms. The summed E-state index contributed by atoms with van der Waals surface area (Å²) < 4.78 is 5.01. The van der Waals surface area contributed by atoms with Gasteiger partial charge in [0, 0.05) is 13.2 Å². The molecule has 0 aromatic carbocycles. The summed E-state index contributed by atoms with van der Waals surface area (Å²) in [5.41, 5.74) is -0.188. The molecule has 0 saturated carbocycles. The van der Waals surface area contributed by atoms with Gasteiger partial charge in [0.2, 0.25) is 0 Å². The first kappa shape index (κ1) is 13.4. The van der Waals surface area contributed by atoms with Gasteiger partial charge >= 0.3 is 0 Å². The lowest BCUT2D eigenvalue weighted by Crippen LogP contribution is -2.31. The molecular formula is C11H22N2O. The lowest BCUT2D eigenvalue weighted by atomic mass is 9.90. The van der Waals surface area contributed by atoms with Crippen LogP contribution in [0.25, 0.3) is 0 Å². The maximum atomic E-state index is 8.80. The molecule has 0 saturated heterocycles. The van der Waals surface area contributed by atoms with Crippen LogP contribution in [0.1, 0.15) is 33.6 Å². The number of hydrogen-bond acceptors (Lipinski definition) is 3. The summed E-state index contributed by atoms with van der Waals surface area (Å²) in [5.74, 6) is 0. The van der Waals surface area contributed by atoms with Crippen LogP contribution < -0.4 is 5.32 Å². The molecule has 0 radical (unpaired) electrons. The second-order valence-corrected chi connectivity index (χ2v) is 4.41. The summed E-state index contributed by atoms with van der Waals surface area (Å²) >= 11 is 0. The molecule has 0 aliphatic carbocycles. The van der Waals surface area contributed by atoms with Crippen LogP contribution in [0.5, 0.6) is 0 Å². The fourth-order valence-corrected chi connectivity index (χ4v) is 1.24. The molecule has 0 fully saturated rings. The van der Waals surface area contributed by atoms with Gasteiger partial charge in [0.1, 0.15) is 0 Å². The Labute approximate surface area is 87.4 Å². The van der Waals surface area contributed by atoms with E-state index < -0.39 is 0 Å². The van der Waals surface area contributed by atoms with Crippen molar-refractivity contribution in [2.45, 2.75) is 39.7 Å². The highest BCUT2D eigenvalue weighted by molar-refractivity contribution is 4.91. The number of methoxy groups -OCH3 is 1. The van der Waals surface area contributed by atoms with E-state index in [1.54, 1.807) is 7.11 Å². The van der Waals surface area contributed by atoms with Gasteiger partial charge in [-0.1, -0.05) is 0 Å². The molecule has 0 aromatic heterocycles. The highest BCUT2D eigenvalue weighted by atomic mass is 16.5. The Morgan fingerprint density at radius 1 is 1.50 bits per heavy atom. The SMILES string of the molecule is COCC(C)NCCCC(C)(C)C#N. The first-order valence-corrected chi connectivity index (χ1v) is 5.15. The molecule has 1 atom stereocenters. The zero-order chi connectivity index (χ0) is 11.0. The summed E-state index contributed by atoms with van der Waals surface area (Å²) in [6.45, 7) is 7.74. The molecule has 1 N–H and O–H groups in total. The Kier molecular flexibility index (Phi) is 6.52. The number of hydrogen-bond donors (Lipinski definition) is 1. The smallest absolute Gasteiger partial charge is 0.0683 e. The van der Waals surface area contributed by atoms with E-state index in [0.29, 0.717) is 6.04 Å². The monoisotopic (exact) mass is 198 g/mol. The molecule has 0 amide bonds. The Hall–Kier alpha value is -0.590. The van der Waals surface area contributed by atoms with Crippen molar-refractivity contribution in [3.63, 3.8) is 0 Å². The Balaban J connectivity index is 3.43. The van der Waals surface area contributed by atoms with E-state index in [2.05, 4.69) is 18.3 Å². The lowest BCUT2D eigenvalue weighted by molar-refractivity contribution is 0.171. The number of nitrogens with one attached hydrogen (secondary N) is 1. The van der Waals surface area contributed by atoms with Crippen LogP contribution in [-0.2, 0) is 4.74 Å². The summed E-state index contributed by atoms with van der Waals surface area (Å²) in [6.07, 6.45) is 1.98. The second kappa shape index (κ2) is 6.80. The van der Waals surface area contributed by atoms with Crippen LogP contribution in [-0.4, -0.2) is 26.3 Å². The van der Waals surface area contributed by atoms with Gasteiger partial charge < -0.3 is 10.1 Å². The number of nitriles is 1. The van der Waals surface area contributed by atoms with E-state index in [0.717, 1.165) is 26.0 Å². The van der Waals surface area contributed by atoms with Crippen molar-refractivity contribution in [2.75, 3.05) is 20.3 Å². The van der Waals surface area contributed by atoms with Crippen LogP contribution in [0.2, 0.25) is 0 Å². The quantitative estimate of drug-likeness (QED) is 0.636. The minimum Gasteiger partial charge on any atom is -0.383 e. The summed E-state index contributed by atoms with van der Waals surface area (Å²) in [5, 5.41) is 12.1. The summed E-state index contributed by atoms with van der Waals surface area (Å²) in [6, 6.07) is 2.70. The standard InChI is InChI=1S/C11H22N2O/c1-10(8-14-4)13-7-5-6-11(2,3)9-12/h10,13H,5-8H2,1-4H3. The summed E-state index contributed by atoms with van der Waals surface area (Å²) in [4.78, 5) is 0. The van der Waals surface area contributed by atoms with Crippen molar-refractivity contribution in [3.8, 4) is 6.07 Å². The first-order valence-electron chi connectivity index (χ1n) is 5.15. The van der Waals surface area contributed by atoms with Crippen molar-refractivity contribution in [1.29, 1.82) is 5.26 Å². The molecule has 82 valence electrons. The van der Waals surface area contributed by atoms with Gasteiger partial charge in [-0.05, 0) is 40.2 Å². The van der Waals surface area contributed by atoms with Crippen LogP contribution in [0.3, 0.4) is 0 Å². The van der Waals surface area contributed by atoms with Gasteiger partial charge in [-0.3, -0.25) is 0 Å². The molecule has 0 aliphatic heterocycles. The van der Waals surface area contributed by atoms with E-state index in [1.165, 1.54) is 0 Å². The molecule has 1 unspecified atom stereocenters. The third-order valence-electron chi connectivity index (χ3n) is 2.19. The van der Waals surface area contributed by atoms with Crippen molar-refractivity contribution in [1.82, 2.24) is 5.32 Å². The van der Waals surface area contributed by atoms with Gasteiger partial charge in [0.05, 0.1) is 18.1 Å². The summed E-state index contributed by atoms with van der Waals surface area (Å²) in [7, 11) is 1.71. The lowest BCUT2D eigenvalue weighted by Gasteiger charge is -2.16. The van der Waals surface area contributed by atoms with E-state index >= 15 is 0 Å². The molecule has 0 heterocycles. The van der Waals surface area contributed by atoms with Gasteiger partial charge in [0.25, 0.3) is 0 Å². The first-order chi connectivity index (χ1) is 6.52. The Bertz CT molecular complexity index is 184. The van der Waals surface area contributed by atoms with Crippen molar-refractivity contribution in [3.05, 3.63) is 0 Å². The van der Waals surface area contributed by atoms with Crippen LogP contribution in [0.15, 0.2) is 0 Å². The fraction of sp³-hybridized carbons (Fsp3) is 0.909. The predicted octanol–water partition coefficient (Wildman–Crippen LogP) is 1.94. The van der Waals surface area contributed by atoms with Gasteiger partial charge in [0.15, 0.2) is 0 Å². The van der Waals surface area contributed by atoms with Crippen LogP contribution in [0.4, 0.5) is 0 Å². The van der Waals surface area contributed by atoms with Crippen LogP contribution >= 0.6 is 0 Å². The largest absolute Gasteiger partial charge is 0.383 e. The maximum absolute atomic E-state index is 8.80. The van der Waals surface area contributed by atoms with Gasteiger partial charge in [-0.15, -0.1) is 0 Å². The molecule has 0 spiro atoms. The molecule has 3 nitrogen and oxygen atoms in total. The molecular weight excluding hydrogens is 176 g/mol. The zero-order valence-electron chi connectivity index (χ0n) is 9.76. The van der Waals surface area contributed by atoms with Crippen molar-refractivity contribution in [2.24, 2.45) is 5.41 Å². The molecule has 0 aromatic rings. The second-order valence-electron chi connectivity index (χ2n) is 4.41. The van der Waals surface area contributed by atoms with Gasteiger partial charge in [-0.2, -0.15) is 5.26 Å². The van der Waals surface area contributed by atoms with Crippen molar-refractivity contribution >= 4 is 0 Å². The highest BCUT2D eigenvalue weighted by Crippen LogP contribution is 2.19. The molecule has 0 bridgehead atoms. The topological polar surface area (TPSA) is 45.0 Å². The number of nitrogens with zero attached hydrogens (tertiary/aromatic N) is 1. The minimum atomic E-state index is -0.188. The van der Waals surface area contributed by atoms with E-state index in [-0.39, 0.29) is 5.41 Å². The van der Waals surface area contributed by atoms with Crippen molar-refractivity contribution < 1.29 is 4.74 Å². The number of rotatable bonds is 7. The average molecular weight is 198 g/mol. The molecule has 14 heavy (non-hydrogen) atoms. The Morgan fingerprint density at radius 3 is 2.64 bits per heavy atom. The fourth-order valence-electron chi connectivity index (χ4n) is 1.24. The van der Waals surface area contributed by atoms with E-state index in [4.69, 9.17) is 10.00 Å².